The number of amides is 4. The fourth-order valence-electron chi connectivity index (χ4n) is 7.21. The predicted molar refractivity (Wildman–Crippen MR) is 145 cm³/mol. The summed E-state index contributed by atoms with van der Waals surface area (Å²) in [6.07, 6.45) is 3.44. The monoisotopic (exact) mass is 562 g/mol. The summed E-state index contributed by atoms with van der Waals surface area (Å²) in [5, 5.41) is 25.2. The Bertz CT molecular complexity index is 886. The third kappa shape index (κ3) is 8.77. The molecule has 10 nitrogen and oxygen atoms in total. The molecular formula is C30H46N2O8. The molecule has 0 spiro atoms. The van der Waals surface area contributed by atoms with E-state index in [4.69, 9.17) is 0 Å². The Hall–Kier alpha value is -2.46. The molecule has 2 heterocycles. The summed E-state index contributed by atoms with van der Waals surface area (Å²) in [7, 11) is 0. The number of carbonyl (C=O) groups is 6. The van der Waals surface area contributed by atoms with Crippen LogP contribution in [0.1, 0.15) is 91.9 Å². The van der Waals surface area contributed by atoms with Crippen LogP contribution < -0.4 is 10.6 Å². The molecule has 0 radical (unpaired) electrons. The summed E-state index contributed by atoms with van der Waals surface area (Å²) in [6.45, 7) is 8.02. The van der Waals surface area contributed by atoms with E-state index in [9.17, 15) is 39.0 Å². The standard InChI is InChI=1S/2C15H23NO4/c2*1-8-3-9(2)15(20)11(4-8)12(17)5-10-6-13(18)16-14(19)7-10/h2*8-12,17H,3-7H2,1-2H3,(H,16,18,19)/t2*8-,9-,11-,12+/m00/s1. The molecule has 0 bridgehead atoms. The number of hydrogen-bond donors (Lipinski definition) is 4. The second-order valence-electron chi connectivity index (χ2n) is 13.1. The average Bonchev–Trinajstić information content (AvgIpc) is 2.82. The highest BCUT2D eigenvalue weighted by atomic mass is 16.3. The first-order valence-corrected chi connectivity index (χ1v) is 14.8. The fraction of sp³-hybridized carbons (Fsp3) is 0.800. The van der Waals surface area contributed by atoms with Gasteiger partial charge < -0.3 is 10.2 Å². The largest absolute Gasteiger partial charge is 0.392 e. The Balaban J connectivity index is 0.000000220. The third-order valence-corrected chi connectivity index (χ3v) is 9.06. The van der Waals surface area contributed by atoms with E-state index in [1.807, 2.05) is 13.8 Å². The van der Waals surface area contributed by atoms with Crippen molar-refractivity contribution in [3.8, 4) is 0 Å². The molecular weight excluding hydrogens is 516 g/mol. The van der Waals surface area contributed by atoms with Crippen LogP contribution in [0.15, 0.2) is 0 Å². The van der Waals surface area contributed by atoms with Crippen LogP contribution in [0.5, 0.6) is 0 Å². The van der Waals surface area contributed by atoms with Crippen LogP contribution in [-0.4, -0.2) is 57.6 Å². The first-order chi connectivity index (χ1) is 18.7. The zero-order valence-electron chi connectivity index (χ0n) is 24.2. The minimum Gasteiger partial charge on any atom is -0.392 e. The Morgan fingerprint density at radius 3 is 1.18 bits per heavy atom. The van der Waals surface area contributed by atoms with Gasteiger partial charge in [0.05, 0.1) is 12.2 Å². The number of carbonyl (C=O) groups excluding carboxylic acids is 6. The van der Waals surface area contributed by atoms with Gasteiger partial charge in [0, 0.05) is 49.4 Å². The number of hydrogen-bond acceptors (Lipinski definition) is 8. The van der Waals surface area contributed by atoms with Gasteiger partial charge in [0.25, 0.3) is 0 Å². The van der Waals surface area contributed by atoms with Gasteiger partial charge in [-0.15, -0.1) is 0 Å². The molecule has 4 fully saturated rings. The Kier molecular flexibility index (Phi) is 11.2. The Morgan fingerprint density at radius 2 is 0.875 bits per heavy atom. The van der Waals surface area contributed by atoms with Gasteiger partial charge in [-0.05, 0) is 62.2 Å². The minimum absolute atomic E-state index is 0.00492. The summed E-state index contributed by atoms with van der Waals surface area (Å²) in [4.78, 5) is 69.7. The lowest BCUT2D eigenvalue weighted by molar-refractivity contribution is -0.139. The summed E-state index contributed by atoms with van der Waals surface area (Å²) in [5.74, 6) is -0.998. The van der Waals surface area contributed by atoms with E-state index in [-0.39, 0.29) is 96.4 Å². The van der Waals surface area contributed by atoms with Gasteiger partial charge in [-0.2, -0.15) is 0 Å². The molecule has 4 amide bonds. The SMILES string of the molecule is C[C@@H]1C[C@@H]([C@H](O)CC2CC(=O)NC(=O)C2)C(=O)[C@@H](C)C1.C[C@@H]1C[C@@H]([C@H](O)CC2CC(=O)NC(=O)C2)C(=O)[C@@H](C)C1. The summed E-state index contributed by atoms with van der Waals surface area (Å²) < 4.78 is 0. The lowest BCUT2D eigenvalue weighted by Crippen LogP contribution is -2.42. The number of ketones is 2. The van der Waals surface area contributed by atoms with Crippen LogP contribution in [-0.2, 0) is 28.8 Å². The van der Waals surface area contributed by atoms with E-state index in [2.05, 4.69) is 24.5 Å². The molecule has 2 saturated heterocycles. The molecule has 224 valence electrons. The van der Waals surface area contributed by atoms with Crippen LogP contribution in [0, 0.1) is 47.3 Å². The maximum atomic E-state index is 12.2. The predicted octanol–water partition coefficient (Wildman–Crippen LogP) is 2.08. The number of aliphatic hydroxyl groups excluding tert-OH is 2. The number of nitrogens with one attached hydrogen (secondary N) is 2. The molecule has 0 aromatic heterocycles. The Labute approximate surface area is 236 Å². The number of Topliss-reactive ketones (excluding diaryl/α,β-unsaturated/α-hetero) is 2. The number of piperidine rings is 2. The summed E-state index contributed by atoms with van der Waals surface area (Å²) in [6, 6.07) is 0. The fourth-order valence-corrected chi connectivity index (χ4v) is 7.21. The van der Waals surface area contributed by atoms with E-state index in [0.717, 1.165) is 12.8 Å². The maximum Gasteiger partial charge on any atom is 0.226 e. The number of rotatable bonds is 6. The van der Waals surface area contributed by atoms with Crippen molar-refractivity contribution in [1.82, 2.24) is 10.6 Å². The zero-order chi connectivity index (χ0) is 29.7. The molecule has 4 aliphatic rings. The summed E-state index contributed by atoms with van der Waals surface area (Å²) >= 11 is 0. The van der Waals surface area contributed by atoms with Crippen LogP contribution in [0.3, 0.4) is 0 Å². The lowest BCUT2D eigenvalue weighted by atomic mass is 9.71. The second-order valence-corrected chi connectivity index (χ2v) is 13.1. The zero-order valence-corrected chi connectivity index (χ0v) is 24.2. The number of imide groups is 2. The molecule has 2 aliphatic heterocycles. The van der Waals surface area contributed by atoms with E-state index in [1.54, 1.807) is 0 Å². The van der Waals surface area contributed by atoms with Crippen molar-refractivity contribution in [1.29, 1.82) is 0 Å². The molecule has 4 rings (SSSR count). The van der Waals surface area contributed by atoms with Crippen molar-refractivity contribution in [3.05, 3.63) is 0 Å². The van der Waals surface area contributed by atoms with Crippen molar-refractivity contribution in [2.24, 2.45) is 47.3 Å². The number of aliphatic hydroxyl groups is 2. The highest BCUT2D eigenvalue weighted by Gasteiger charge is 2.39. The summed E-state index contributed by atoms with van der Waals surface area (Å²) in [5.41, 5.74) is 0. The average molecular weight is 563 g/mol. The van der Waals surface area contributed by atoms with Crippen LogP contribution in [0.2, 0.25) is 0 Å². The van der Waals surface area contributed by atoms with Crippen LogP contribution in [0.25, 0.3) is 0 Å². The molecule has 0 aromatic carbocycles. The highest BCUT2D eigenvalue weighted by molar-refractivity contribution is 5.98. The van der Waals surface area contributed by atoms with E-state index >= 15 is 0 Å². The molecule has 4 N–H and O–H groups in total. The van der Waals surface area contributed by atoms with E-state index < -0.39 is 12.2 Å². The van der Waals surface area contributed by atoms with Crippen LogP contribution >= 0.6 is 0 Å². The van der Waals surface area contributed by atoms with Gasteiger partial charge in [-0.1, -0.05) is 27.7 Å². The lowest BCUT2D eigenvalue weighted by Gasteiger charge is -2.34. The minimum atomic E-state index is -0.739. The molecule has 2 saturated carbocycles. The normalized spacial score (nSPS) is 34.0. The Morgan fingerprint density at radius 1 is 0.575 bits per heavy atom. The molecule has 2 aliphatic carbocycles. The smallest absolute Gasteiger partial charge is 0.226 e. The van der Waals surface area contributed by atoms with Gasteiger partial charge >= 0.3 is 0 Å². The first-order valence-electron chi connectivity index (χ1n) is 14.8. The van der Waals surface area contributed by atoms with Gasteiger partial charge in [-0.3, -0.25) is 39.4 Å². The quantitative estimate of drug-likeness (QED) is 0.357. The third-order valence-electron chi connectivity index (χ3n) is 9.06. The van der Waals surface area contributed by atoms with Crippen molar-refractivity contribution in [3.63, 3.8) is 0 Å². The topological polar surface area (TPSA) is 167 Å². The van der Waals surface area contributed by atoms with Gasteiger partial charge in [0.15, 0.2) is 0 Å². The van der Waals surface area contributed by atoms with Gasteiger partial charge in [-0.25, -0.2) is 0 Å². The van der Waals surface area contributed by atoms with Crippen molar-refractivity contribution in [2.75, 3.05) is 0 Å². The molecule has 8 atom stereocenters. The molecule has 10 heteroatoms. The van der Waals surface area contributed by atoms with E-state index in [0.29, 0.717) is 37.5 Å². The first kappa shape index (κ1) is 32.1. The van der Waals surface area contributed by atoms with Crippen LogP contribution in [0.4, 0.5) is 0 Å². The molecule has 40 heavy (non-hydrogen) atoms. The second kappa shape index (κ2) is 13.9. The molecule has 0 aromatic rings. The van der Waals surface area contributed by atoms with Gasteiger partial charge in [0.2, 0.25) is 23.6 Å². The van der Waals surface area contributed by atoms with Crippen molar-refractivity contribution < 1.29 is 39.0 Å². The van der Waals surface area contributed by atoms with E-state index in [1.165, 1.54) is 0 Å². The van der Waals surface area contributed by atoms with Crippen molar-refractivity contribution >= 4 is 35.2 Å². The highest BCUT2D eigenvalue weighted by Crippen LogP contribution is 2.36. The maximum absolute atomic E-state index is 12.2. The molecule has 0 unspecified atom stereocenters. The van der Waals surface area contributed by atoms with Gasteiger partial charge in [0.1, 0.15) is 11.6 Å². The van der Waals surface area contributed by atoms with Crippen molar-refractivity contribution in [2.45, 2.75) is 104 Å².